The summed E-state index contributed by atoms with van der Waals surface area (Å²) >= 11 is 12.1. The third-order valence-corrected chi connectivity index (χ3v) is 4.69. The number of hydrogen-bond acceptors (Lipinski definition) is 1. The number of benzene rings is 2. The number of hydrogen-bond donors (Lipinski definition) is 0. The molecule has 2 aromatic heterocycles. The maximum Gasteiger partial charge on any atom is 0.145 e. The van der Waals surface area contributed by atoms with Gasteiger partial charge in [-0.05, 0) is 61.0 Å². The summed E-state index contributed by atoms with van der Waals surface area (Å²) in [6.07, 6.45) is 1.82. The number of aromatic nitrogens is 2. The van der Waals surface area contributed by atoms with Crippen molar-refractivity contribution >= 4 is 34.2 Å². The predicted molar refractivity (Wildman–Crippen MR) is 101 cm³/mol. The van der Waals surface area contributed by atoms with E-state index in [9.17, 15) is 0 Å². The number of halogens is 2. The van der Waals surface area contributed by atoms with Gasteiger partial charge in [-0.25, -0.2) is 4.98 Å². The molecule has 0 atom stereocenters. The lowest BCUT2D eigenvalue weighted by Gasteiger charge is -2.08. The van der Waals surface area contributed by atoms with Crippen molar-refractivity contribution in [2.45, 2.75) is 6.92 Å². The molecule has 2 heterocycles. The van der Waals surface area contributed by atoms with E-state index >= 15 is 0 Å². The highest BCUT2D eigenvalue weighted by Gasteiger charge is 2.17. The van der Waals surface area contributed by atoms with Crippen LogP contribution in [0.5, 0.6) is 0 Å². The zero-order chi connectivity index (χ0) is 16.7. The Balaban J connectivity index is 2.03. The molecule has 2 nitrogen and oxygen atoms in total. The van der Waals surface area contributed by atoms with E-state index in [0.29, 0.717) is 0 Å². The normalized spacial score (nSPS) is 11.1. The largest absolute Gasteiger partial charge is 0.298 e. The Morgan fingerprint density at radius 2 is 1.46 bits per heavy atom. The minimum absolute atomic E-state index is 0.721. The van der Waals surface area contributed by atoms with Gasteiger partial charge in [0.1, 0.15) is 5.65 Å². The van der Waals surface area contributed by atoms with Crippen molar-refractivity contribution in [1.82, 2.24) is 9.55 Å². The van der Waals surface area contributed by atoms with Gasteiger partial charge in [0.25, 0.3) is 0 Å². The first-order valence-electron chi connectivity index (χ1n) is 7.63. The molecule has 0 N–H and O–H groups in total. The van der Waals surface area contributed by atoms with Crippen molar-refractivity contribution in [2.75, 3.05) is 0 Å². The second kappa shape index (κ2) is 5.97. The van der Waals surface area contributed by atoms with Crippen molar-refractivity contribution in [3.63, 3.8) is 0 Å². The molecule has 2 aromatic carbocycles. The smallest absolute Gasteiger partial charge is 0.145 e. The minimum atomic E-state index is 0.721. The van der Waals surface area contributed by atoms with Crippen LogP contribution in [0.15, 0.2) is 66.9 Å². The van der Waals surface area contributed by atoms with E-state index in [1.165, 1.54) is 5.56 Å². The Bertz CT molecular complexity index is 934. The van der Waals surface area contributed by atoms with Gasteiger partial charge in [0.05, 0.1) is 0 Å². The lowest BCUT2D eigenvalue weighted by atomic mass is 10.0. The summed E-state index contributed by atoms with van der Waals surface area (Å²) in [6, 6.07) is 19.8. The fraction of sp³-hybridized carbons (Fsp3) is 0.0500. The van der Waals surface area contributed by atoms with Crippen LogP contribution in [0.25, 0.3) is 27.8 Å². The van der Waals surface area contributed by atoms with Crippen molar-refractivity contribution in [2.24, 2.45) is 0 Å². The first kappa shape index (κ1) is 15.3. The number of fused-ring (bicyclic) bond motifs is 1. The van der Waals surface area contributed by atoms with Gasteiger partial charge in [-0.3, -0.25) is 4.57 Å². The summed E-state index contributed by atoms with van der Waals surface area (Å²) in [5.74, 6) is 0. The Morgan fingerprint density at radius 1 is 0.833 bits per heavy atom. The van der Waals surface area contributed by atoms with Crippen molar-refractivity contribution in [3.8, 4) is 16.8 Å². The molecule has 24 heavy (non-hydrogen) atoms. The monoisotopic (exact) mass is 352 g/mol. The first-order valence-corrected chi connectivity index (χ1v) is 8.38. The van der Waals surface area contributed by atoms with Crippen LogP contribution in [0.3, 0.4) is 0 Å². The fourth-order valence-corrected chi connectivity index (χ4v) is 3.37. The van der Waals surface area contributed by atoms with Crippen LogP contribution >= 0.6 is 23.2 Å². The third-order valence-electron chi connectivity index (χ3n) is 4.18. The van der Waals surface area contributed by atoms with Gasteiger partial charge in [-0.2, -0.15) is 0 Å². The standard InChI is InChI=1S/C20H14Cl2N2/c1-13-19(14-4-6-15(21)7-5-14)18-3-2-12-23-20(18)24(13)17-10-8-16(22)9-11-17/h2-12H,1H3. The number of rotatable bonds is 2. The van der Waals surface area contributed by atoms with Gasteiger partial charge in [-0.1, -0.05) is 35.3 Å². The summed E-state index contributed by atoms with van der Waals surface area (Å²) in [7, 11) is 0. The van der Waals surface area contributed by atoms with Gasteiger partial charge in [0.15, 0.2) is 0 Å². The van der Waals surface area contributed by atoms with Gasteiger partial charge < -0.3 is 0 Å². The fourth-order valence-electron chi connectivity index (χ4n) is 3.12. The van der Waals surface area contributed by atoms with Crippen LogP contribution in [0.2, 0.25) is 10.0 Å². The predicted octanol–water partition coefficient (Wildman–Crippen LogP) is 6.31. The van der Waals surface area contributed by atoms with E-state index in [1.807, 2.05) is 60.8 Å². The van der Waals surface area contributed by atoms with Crippen LogP contribution in [0, 0.1) is 6.92 Å². The average molecular weight is 353 g/mol. The quantitative estimate of drug-likeness (QED) is 0.413. The van der Waals surface area contributed by atoms with Gasteiger partial charge >= 0.3 is 0 Å². The van der Waals surface area contributed by atoms with Crippen LogP contribution in [-0.4, -0.2) is 9.55 Å². The summed E-state index contributed by atoms with van der Waals surface area (Å²) in [5.41, 5.74) is 5.41. The van der Waals surface area contributed by atoms with Gasteiger partial charge in [0.2, 0.25) is 0 Å². The van der Waals surface area contributed by atoms with Crippen molar-refractivity contribution in [1.29, 1.82) is 0 Å². The molecule has 4 rings (SSSR count). The van der Waals surface area contributed by atoms with E-state index in [1.54, 1.807) is 0 Å². The van der Waals surface area contributed by atoms with E-state index in [-0.39, 0.29) is 0 Å². The maximum absolute atomic E-state index is 6.04. The molecule has 4 aromatic rings. The zero-order valence-corrected chi connectivity index (χ0v) is 14.5. The Labute approximate surface area is 150 Å². The van der Waals surface area contributed by atoms with E-state index in [2.05, 4.69) is 22.5 Å². The first-order chi connectivity index (χ1) is 11.6. The maximum atomic E-state index is 6.04. The molecule has 0 amide bonds. The highest BCUT2D eigenvalue weighted by molar-refractivity contribution is 6.31. The molecule has 0 spiro atoms. The van der Waals surface area contributed by atoms with E-state index in [0.717, 1.165) is 38.0 Å². The lowest BCUT2D eigenvalue weighted by molar-refractivity contribution is 1.03. The summed E-state index contributed by atoms with van der Waals surface area (Å²) in [4.78, 5) is 4.61. The second-order valence-corrected chi connectivity index (χ2v) is 6.53. The topological polar surface area (TPSA) is 17.8 Å². The summed E-state index contributed by atoms with van der Waals surface area (Å²) in [5, 5.41) is 2.57. The number of nitrogens with zero attached hydrogens (tertiary/aromatic N) is 2. The third kappa shape index (κ3) is 2.48. The Kier molecular flexibility index (Phi) is 3.79. The van der Waals surface area contributed by atoms with E-state index < -0.39 is 0 Å². The highest BCUT2D eigenvalue weighted by atomic mass is 35.5. The molecule has 0 fully saturated rings. The average Bonchev–Trinajstić information content (AvgIpc) is 2.89. The van der Waals surface area contributed by atoms with Crippen molar-refractivity contribution in [3.05, 3.63) is 82.6 Å². The van der Waals surface area contributed by atoms with Crippen LogP contribution in [0.1, 0.15) is 5.69 Å². The SMILES string of the molecule is Cc1c(-c2ccc(Cl)cc2)c2cccnc2n1-c1ccc(Cl)cc1. The molecule has 0 radical (unpaired) electrons. The van der Waals surface area contributed by atoms with Gasteiger partial charge in [0, 0.05) is 38.6 Å². The molecule has 0 saturated carbocycles. The molecule has 0 unspecified atom stereocenters. The van der Waals surface area contributed by atoms with Gasteiger partial charge in [-0.15, -0.1) is 0 Å². The van der Waals surface area contributed by atoms with Crippen molar-refractivity contribution < 1.29 is 0 Å². The summed E-state index contributed by atoms with van der Waals surface area (Å²) in [6.45, 7) is 2.11. The number of pyridine rings is 1. The Hall–Kier alpha value is -2.29. The molecule has 0 saturated heterocycles. The van der Waals surface area contributed by atoms with Crippen LogP contribution in [-0.2, 0) is 0 Å². The molecule has 118 valence electrons. The molecular formula is C20H14Cl2N2. The Morgan fingerprint density at radius 3 is 2.12 bits per heavy atom. The molecular weight excluding hydrogens is 339 g/mol. The molecule has 0 bridgehead atoms. The molecule has 0 aliphatic rings. The summed E-state index contributed by atoms with van der Waals surface area (Å²) < 4.78 is 2.16. The van der Waals surface area contributed by atoms with E-state index in [4.69, 9.17) is 23.2 Å². The molecule has 4 heteroatoms. The second-order valence-electron chi connectivity index (χ2n) is 5.65. The minimum Gasteiger partial charge on any atom is -0.298 e. The lowest BCUT2D eigenvalue weighted by Crippen LogP contribution is -1.97. The van der Waals surface area contributed by atoms with Crippen LogP contribution in [0.4, 0.5) is 0 Å². The highest BCUT2D eigenvalue weighted by Crippen LogP contribution is 2.36. The molecule has 0 aliphatic heterocycles. The zero-order valence-electron chi connectivity index (χ0n) is 13.0. The molecule has 0 aliphatic carbocycles. The van der Waals surface area contributed by atoms with Crippen LogP contribution < -0.4 is 0 Å².